The SMILES string of the molecule is O=C(Cc1ccc(S(=O)(=O)N2CCCCC2)s1)NCc1cccc(OC(F)F)c1. The minimum absolute atomic E-state index is 0.0255. The summed E-state index contributed by atoms with van der Waals surface area (Å²) in [6.07, 6.45) is 2.82. The molecular weight excluding hydrogens is 422 g/mol. The number of benzene rings is 1. The molecule has 1 aromatic heterocycles. The fraction of sp³-hybridized carbons (Fsp3) is 0.421. The zero-order chi connectivity index (χ0) is 20.9. The molecule has 1 aromatic carbocycles. The van der Waals surface area contributed by atoms with E-state index < -0.39 is 16.6 Å². The van der Waals surface area contributed by atoms with Crippen LogP contribution < -0.4 is 10.1 Å². The first-order chi connectivity index (χ1) is 13.8. The van der Waals surface area contributed by atoms with Crippen LogP contribution in [0, 0.1) is 0 Å². The number of hydrogen-bond acceptors (Lipinski definition) is 5. The Bertz CT molecular complexity index is 941. The second-order valence-corrected chi connectivity index (χ2v) is 10.00. The van der Waals surface area contributed by atoms with Crippen molar-refractivity contribution in [1.29, 1.82) is 0 Å². The maximum absolute atomic E-state index is 12.7. The number of halogens is 2. The summed E-state index contributed by atoms with van der Waals surface area (Å²) in [6.45, 7) is -1.69. The number of piperidine rings is 1. The van der Waals surface area contributed by atoms with E-state index in [1.54, 1.807) is 24.3 Å². The molecule has 0 radical (unpaired) electrons. The molecule has 0 saturated carbocycles. The maximum Gasteiger partial charge on any atom is 0.387 e. The topological polar surface area (TPSA) is 75.7 Å². The van der Waals surface area contributed by atoms with Gasteiger partial charge in [-0.05, 0) is 42.7 Å². The van der Waals surface area contributed by atoms with Crippen molar-refractivity contribution >= 4 is 27.3 Å². The summed E-state index contributed by atoms with van der Waals surface area (Å²) < 4.78 is 56.0. The molecule has 1 aliphatic heterocycles. The molecular formula is C19H22F2N2O4S2. The van der Waals surface area contributed by atoms with E-state index in [0.717, 1.165) is 30.6 Å². The standard InChI is InChI=1S/C19H22F2N2O4S2/c20-19(21)27-15-6-4-5-14(11-15)13-22-17(24)12-16-7-8-18(28-16)29(25,26)23-9-2-1-3-10-23/h4-8,11,19H,1-3,9-10,12-13H2,(H,22,24). The van der Waals surface area contributed by atoms with Gasteiger partial charge in [-0.2, -0.15) is 13.1 Å². The van der Waals surface area contributed by atoms with Gasteiger partial charge in [-0.1, -0.05) is 18.6 Å². The molecule has 10 heteroatoms. The van der Waals surface area contributed by atoms with Gasteiger partial charge < -0.3 is 10.1 Å². The van der Waals surface area contributed by atoms with Crippen LogP contribution in [0.5, 0.6) is 5.75 Å². The number of alkyl halides is 2. The van der Waals surface area contributed by atoms with E-state index in [2.05, 4.69) is 10.1 Å². The van der Waals surface area contributed by atoms with E-state index in [1.165, 1.54) is 16.4 Å². The van der Waals surface area contributed by atoms with Crippen LogP contribution >= 0.6 is 11.3 Å². The number of rotatable bonds is 8. The molecule has 2 aromatic rings. The van der Waals surface area contributed by atoms with Gasteiger partial charge in [-0.25, -0.2) is 8.42 Å². The Hall–Kier alpha value is -2.04. The fourth-order valence-corrected chi connectivity index (χ4v) is 6.10. The number of amides is 1. The van der Waals surface area contributed by atoms with Crippen LogP contribution in [-0.4, -0.2) is 38.3 Å². The smallest absolute Gasteiger partial charge is 0.387 e. The second kappa shape index (κ2) is 9.64. The Balaban J connectivity index is 1.55. The third-order valence-corrected chi connectivity index (χ3v) is 7.95. The van der Waals surface area contributed by atoms with E-state index in [1.807, 2.05) is 0 Å². The number of carbonyl (C=O) groups is 1. The van der Waals surface area contributed by atoms with Gasteiger partial charge in [0.25, 0.3) is 10.0 Å². The van der Waals surface area contributed by atoms with Gasteiger partial charge in [-0.15, -0.1) is 11.3 Å². The van der Waals surface area contributed by atoms with Gasteiger partial charge in [0.1, 0.15) is 9.96 Å². The average Bonchev–Trinajstić information content (AvgIpc) is 3.16. The molecule has 1 aliphatic rings. The summed E-state index contributed by atoms with van der Waals surface area (Å²) in [4.78, 5) is 12.8. The molecule has 0 aliphatic carbocycles. The number of ether oxygens (including phenoxy) is 1. The lowest BCUT2D eigenvalue weighted by atomic mass is 10.2. The summed E-state index contributed by atoms with van der Waals surface area (Å²) in [5, 5.41) is 2.70. The van der Waals surface area contributed by atoms with E-state index in [-0.39, 0.29) is 28.8 Å². The third-order valence-electron chi connectivity index (χ3n) is 4.49. The Morgan fingerprint density at radius 2 is 1.93 bits per heavy atom. The summed E-state index contributed by atoms with van der Waals surface area (Å²) in [5.74, 6) is -0.258. The van der Waals surface area contributed by atoms with Crippen LogP contribution in [0.3, 0.4) is 0 Å². The van der Waals surface area contributed by atoms with E-state index in [0.29, 0.717) is 23.5 Å². The van der Waals surface area contributed by atoms with Crippen molar-refractivity contribution in [2.45, 2.75) is 43.0 Å². The highest BCUT2D eigenvalue weighted by molar-refractivity contribution is 7.91. The summed E-state index contributed by atoms with van der Waals surface area (Å²) in [5.41, 5.74) is 0.621. The van der Waals surface area contributed by atoms with Gasteiger partial charge >= 0.3 is 6.61 Å². The molecule has 1 amide bonds. The largest absolute Gasteiger partial charge is 0.435 e. The van der Waals surface area contributed by atoms with Crippen molar-refractivity contribution in [1.82, 2.24) is 9.62 Å². The van der Waals surface area contributed by atoms with Gasteiger partial charge in [0, 0.05) is 24.5 Å². The number of hydrogen-bond donors (Lipinski definition) is 1. The summed E-state index contributed by atoms with van der Waals surface area (Å²) in [6, 6.07) is 9.29. The molecule has 0 unspecified atom stereocenters. The first-order valence-electron chi connectivity index (χ1n) is 9.24. The Kier molecular flexibility index (Phi) is 7.20. The van der Waals surface area contributed by atoms with Crippen LogP contribution in [0.2, 0.25) is 0 Å². The average molecular weight is 445 g/mol. The molecule has 6 nitrogen and oxygen atoms in total. The molecule has 2 heterocycles. The predicted molar refractivity (Wildman–Crippen MR) is 106 cm³/mol. The summed E-state index contributed by atoms with van der Waals surface area (Å²) >= 11 is 1.10. The van der Waals surface area contributed by atoms with Crippen LogP contribution in [0.4, 0.5) is 8.78 Å². The van der Waals surface area contributed by atoms with Crippen molar-refractivity contribution in [2.24, 2.45) is 0 Å². The molecule has 29 heavy (non-hydrogen) atoms. The lowest BCUT2D eigenvalue weighted by Gasteiger charge is -2.25. The quantitative estimate of drug-likeness (QED) is 0.677. The zero-order valence-electron chi connectivity index (χ0n) is 15.6. The number of carbonyl (C=O) groups excluding carboxylic acids is 1. The Morgan fingerprint density at radius 1 is 1.17 bits per heavy atom. The minimum atomic E-state index is -3.50. The van der Waals surface area contributed by atoms with Gasteiger partial charge in [-0.3, -0.25) is 4.79 Å². The molecule has 1 N–H and O–H groups in total. The number of thiophene rings is 1. The van der Waals surface area contributed by atoms with Crippen LogP contribution in [0.1, 0.15) is 29.7 Å². The fourth-order valence-electron chi connectivity index (χ4n) is 3.08. The van der Waals surface area contributed by atoms with Crippen molar-refractivity contribution in [3.05, 3.63) is 46.8 Å². The van der Waals surface area contributed by atoms with Crippen LogP contribution in [0.15, 0.2) is 40.6 Å². The molecule has 1 saturated heterocycles. The van der Waals surface area contributed by atoms with Crippen molar-refractivity contribution < 1.29 is 26.7 Å². The maximum atomic E-state index is 12.7. The number of nitrogens with zero attached hydrogens (tertiary/aromatic N) is 1. The Morgan fingerprint density at radius 3 is 2.66 bits per heavy atom. The van der Waals surface area contributed by atoms with Crippen LogP contribution in [-0.2, 0) is 27.8 Å². The molecule has 1 fully saturated rings. The van der Waals surface area contributed by atoms with Crippen LogP contribution in [0.25, 0.3) is 0 Å². The highest BCUT2D eigenvalue weighted by Gasteiger charge is 2.27. The zero-order valence-corrected chi connectivity index (χ0v) is 17.3. The van der Waals surface area contributed by atoms with E-state index in [9.17, 15) is 22.0 Å². The molecule has 3 rings (SSSR count). The normalized spacial score (nSPS) is 15.4. The van der Waals surface area contributed by atoms with E-state index >= 15 is 0 Å². The highest BCUT2D eigenvalue weighted by Crippen LogP contribution is 2.27. The molecule has 158 valence electrons. The van der Waals surface area contributed by atoms with Crippen molar-refractivity contribution in [2.75, 3.05) is 13.1 Å². The second-order valence-electron chi connectivity index (χ2n) is 6.66. The number of nitrogens with one attached hydrogen (secondary N) is 1. The highest BCUT2D eigenvalue weighted by atomic mass is 32.2. The molecule has 0 atom stereocenters. The third kappa shape index (κ3) is 5.97. The lowest BCUT2D eigenvalue weighted by Crippen LogP contribution is -2.35. The van der Waals surface area contributed by atoms with Gasteiger partial charge in [0.05, 0.1) is 6.42 Å². The molecule has 0 bridgehead atoms. The lowest BCUT2D eigenvalue weighted by molar-refractivity contribution is -0.120. The van der Waals surface area contributed by atoms with Crippen molar-refractivity contribution in [3.8, 4) is 5.75 Å². The molecule has 0 spiro atoms. The Labute approximate surface area is 172 Å². The summed E-state index contributed by atoms with van der Waals surface area (Å²) in [7, 11) is -3.50. The first-order valence-corrected chi connectivity index (χ1v) is 11.5. The number of sulfonamides is 1. The van der Waals surface area contributed by atoms with Gasteiger partial charge in [0.2, 0.25) is 5.91 Å². The predicted octanol–water partition coefficient (Wildman–Crippen LogP) is 3.38. The first kappa shape index (κ1) is 21.7. The van der Waals surface area contributed by atoms with E-state index in [4.69, 9.17) is 0 Å². The minimum Gasteiger partial charge on any atom is -0.435 e. The van der Waals surface area contributed by atoms with Crippen molar-refractivity contribution in [3.63, 3.8) is 0 Å². The monoisotopic (exact) mass is 444 g/mol. The van der Waals surface area contributed by atoms with Gasteiger partial charge in [0.15, 0.2) is 0 Å².